The topological polar surface area (TPSA) is 70.6 Å². The highest BCUT2D eigenvalue weighted by atomic mass is 127. The third kappa shape index (κ3) is 4.83. The van der Waals surface area contributed by atoms with Crippen LogP contribution in [0.1, 0.15) is 56.1 Å². The molecule has 2 aliphatic carbocycles. The monoisotopic (exact) mass is 429 g/mol. The standard InChI is InChI=1S/C18H27N3O.HI/c19-17(20-13-18(22)11-4-1-5-12-18)21-16-10-6-8-14-7-2-3-9-15(14)16;/h6,8,10,22H,1-5,7,9,11-13H2,(H3,19,20,21);1H. The second-order valence-electron chi connectivity index (χ2n) is 6.76. The summed E-state index contributed by atoms with van der Waals surface area (Å²) in [5.41, 5.74) is 9.27. The molecule has 0 spiro atoms. The van der Waals surface area contributed by atoms with E-state index in [1.165, 1.54) is 30.4 Å². The van der Waals surface area contributed by atoms with Crippen LogP contribution >= 0.6 is 24.0 Å². The lowest BCUT2D eigenvalue weighted by Gasteiger charge is -2.30. The second kappa shape index (κ2) is 8.33. The molecule has 0 atom stereocenters. The Morgan fingerprint density at radius 2 is 1.87 bits per heavy atom. The number of hydrogen-bond acceptors (Lipinski definition) is 2. The van der Waals surface area contributed by atoms with Crippen LogP contribution in [0, 0.1) is 0 Å². The average Bonchev–Trinajstić information content (AvgIpc) is 2.54. The Morgan fingerprint density at radius 1 is 1.13 bits per heavy atom. The number of nitrogens with one attached hydrogen (secondary N) is 1. The third-order valence-corrected chi connectivity index (χ3v) is 4.99. The van der Waals surface area contributed by atoms with Gasteiger partial charge >= 0.3 is 0 Å². The van der Waals surface area contributed by atoms with Crippen molar-refractivity contribution in [2.75, 3.05) is 11.9 Å². The number of benzene rings is 1. The van der Waals surface area contributed by atoms with Gasteiger partial charge in [0.1, 0.15) is 0 Å². The third-order valence-electron chi connectivity index (χ3n) is 4.99. The molecule has 1 aromatic carbocycles. The quantitative estimate of drug-likeness (QED) is 0.391. The predicted octanol–water partition coefficient (Wildman–Crippen LogP) is 3.61. The minimum absolute atomic E-state index is 0. The van der Waals surface area contributed by atoms with Crippen molar-refractivity contribution in [3.63, 3.8) is 0 Å². The van der Waals surface area contributed by atoms with Crippen LogP contribution < -0.4 is 11.1 Å². The first-order valence-corrected chi connectivity index (χ1v) is 8.56. The van der Waals surface area contributed by atoms with Crippen molar-refractivity contribution in [1.29, 1.82) is 0 Å². The molecule has 0 bridgehead atoms. The minimum atomic E-state index is -0.652. The van der Waals surface area contributed by atoms with Crippen LogP contribution in [0.5, 0.6) is 0 Å². The molecule has 0 saturated heterocycles. The number of hydrogen-bond donors (Lipinski definition) is 3. The van der Waals surface area contributed by atoms with E-state index in [1.807, 2.05) is 0 Å². The van der Waals surface area contributed by atoms with Crippen molar-refractivity contribution in [3.05, 3.63) is 29.3 Å². The fourth-order valence-electron chi connectivity index (χ4n) is 3.68. The van der Waals surface area contributed by atoms with Crippen LogP contribution in [0.4, 0.5) is 5.69 Å². The highest BCUT2D eigenvalue weighted by Gasteiger charge is 2.28. The Balaban J connectivity index is 0.00000192. The molecular formula is C18H28IN3O. The maximum atomic E-state index is 10.5. The molecule has 2 aliphatic rings. The summed E-state index contributed by atoms with van der Waals surface area (Å²) >= 11 is 0. The van der Waals surface area contributed by atoms with Crippen LogP contribution in [-0.2, 0) is 12.8 Å². The number of fused-ring (bicyclic) bond motifs is 1. The summed E-state index contributed by atoms with van der Waals surface area (Å²) < 4.78 is 0. The fraction of sp³-hybridized carbons (Fsp3) is 0.611. The van der Waals surface area contributed by atoms with Gasteiger partial charge < -0.3 is 16.2 Å². The summed E-state index contributed by atoms with van der Waals surface area (Å²) in [5, 5.41) is 13.7. The van der Waals surface area contributed by atoms with Gasteiger partial charge in [0.05, 0.1) is 12.1 Å². The van der Waals surface area contributed by atoms with Crippen LogP contribution in [0.15, 0.2) is 23.2 Å². The number of aliphatic imine (C=N–C) groups is 1. The molecular weight excluding hydrogens is 401 g/mol. The van der Waals surface area contributed by atoms with Gasteiger partial charge in [-0.3, -0.25) is 4.99 Å². The van der Waals surface area contributed by atoms with Crippen molar-refractivity contribution in [1.82, 2.24) is 0 Å². The molecule has 0 radical (unpaired) electrons. The Hall–Kier alpha value is -0.820. The lowest BCUT2D eigenvalue weighted by Crippen LogP contribution is -2.36. The van der Waals surface area contributed by atoms with Crippen LogP contribution in [0.25, 0.3) is 0 Å². The molecule has 4 N–H and O–H groups in total. The van der Waals surface area contributed by atoms with Gasteiger partial charge in [-0.2, -0.15) is 0 Å². The fourth-order valence-corrected chi connectivity index (χ4v) is 3.68. The van der Waals surface area contributed by atoms with Gasteiger partial charge in [0.25, 0.3) is 0 Å². The Labute approximate surface area is 156 Å². The summed E-state index contributed by atoms with van der Waals surface area (Å²) in [6.45, 7) is 0.404. The van der Waals surface area contributed by atoms with Gasteiger partial charge in [-0.05, 0) is 55.7 Å². The Kier molecular flexibility index (Phi) is 6.71. The zero-order chi connectivity index (χ0) is 15.4. The highest BCUT2D eigenvalue weighted by Crippen LogP contribution is 2.29. The van der Waals surface area contributed by atoms with E-state index in [4.69, 9.17) is 5.73 Å². The zero-order valence-corrected chi connectivity index (χ0v) is 16.0. The number of halogens is 1. The summed E-state index contributed by atoms with van der Waals surface area (Å²) in [7, 11) is 0. The van der Waals surface area contributed by atoms with E-state index < -0.39 is 5.60 Å². The molecule has 0 unspecified atom stereocenters. The van der Waals surface area contributed by atoms with Gasteiger partial charge in [-0.1, -0.05) is 31.4 Å². The molecule has 128 valence electrons. The Morgan fingerprint density at radius 3 is 2.65 bits per heavy atom. The molecule has 0 amide bonds. The van der Waals surface area contributed by atoms with E-state index in [1.54, 1.807) is 0 Å². The maximum Gasteiger partial charge on any atom is 0.193 e. The molecule has 0 aromatic heterocycles. The SMILES string of the molecule is I.NC(=NCC1(O)CCCCC1)Nc1cccc2c1CCCC2. The first-order valence-electron chi connectivity index (χ1n) is 8.56. The normalized spacial score (nSPS) is 20.3. The first kappa shape index (κ1) is 18.5. The number of rotatable bonds is 3. The smallest absolute Gasteiger partial charge is 0.193 e. The first-order chi connectivity index (χ1) is 10.7. The summed E-state index contributed by atoms with van der Waals surface area (Å²) in [6.07, 6.45) is 9.84. The van der Waals surface area contributed by atoms with E-state index in [2.05, 4.69) is 28.5 Å². The van der Waals surface area contributed by atoms with Crippen molar-refractivity contribution in [2.45, 2.75) is 63.4 Å². The number of nitrogens with zero attached hydrogens (tertiary/aromatic N) is 1. The highest BCUT2D eigenvalue weighted by molar-refractivity contribution is 14.0. The van der Waals surface area contributed by atoms with Crippen molar-refractivity contribution >= 4 is 35.6 Å². The van der Waals surface area contributed by atoms with Crippen LogP contribution in [0.2, 0.25) is 0 Å². The van der Waals surface area contributed by atoms with Gasteiger partial charge in [0, 0.05) is 5.69 Å². The summed E-state index contributed by atoms with van der Waals surface area (Å²) in [6, 6.07) is 6.36. The van der Waals surface area contributed by atoms with E-state index in [0.717, 1.165) is 44.2 Å². The predicted molar refractivity (Wildman–Crippen MR) is 107 cm³/mol. The number of guanidine groups is 1. The number of aliphatic hydroxyl groups is 1. The number of aryl methyl sites for hydroxylation is 1. The van der Waals surface area contributed by atoms with Gasteiger partial charge in [-0.25, -0.2) is 0 Å². The molecule has 3 rings (SSSR count). The van der Waals surface area contributed by atoms with Crippen molar-refractivity contribution in [2.24, 2.45) is 10.7 Å². The van der Waals surface area contributed by atoms with Crippen molar-refractivity contribution < 1.29 is 5.11 Å². The van der Waals surface area contributed by atoms with E-state index in [9.17, 15) is 5.11 Å². The summed E-state index contributed by atoms with van der Waals surface area (Å²) in [5.74, 6) is 0.415. The molecule has 1 aromatic rings. The van der Waals surface area contributed by atoms with Crippen molar-refractivity contribution in [3.8, 4) is 0 Å². The van der Waals surface area contributed by atoms with E-state index in [0.29, 0.717) is 12.5 Å². The second-order valence-corrected chi connectivity index (χ2v) is 6.76. The average molecular weight is 429 g/mol. The minimum Gasteiger partial charge on any atom is -0.388 e. The van der Waals surface area contributed by atoms with Gasteiger partial charge in [-0.15, -0.1) is 24.0 Å². The number of anilines is 1. The van der Waals surface area contributed by atoms with E-state index >= 15 is 0 Å². The summed E-state index contributed by atoms with van der Waals surface area (Å²) in [4.78, 5) is 4.40. The zero-order valence-electron chi connectivity index (χ0n) is 13.7. The lowest BCUT2D eigenvalue weighted by atomic mass is 9.85. The maximum absolute atomic E-state index is 10.5. The largest absolute Gasteiger partial charge is 0.388 e. The van der Waals surface area contributed by atoms with Crippen LogP contribution in [-0.4, -0.2) is 23.2 Å². The Bertz CT molecular complexity index is 553. The molecule has 5 heteroatoms. The molecule has 0 heterocycles. The number of nitrogens with two attached hydrogens (primary N) is 1. The molecule has 0 aliphatic heterocycles. The van der Waals surface area contributed by atoms with Crippen LogP contribution in [0.3, 0.4) is 0 Å². The van der Waals surface area contributed by atoms with Gasteiger partial charge in [0.2, 0.25) is 0 Å². The molecule has 23 heavy (non-hydrogen) atoms. The lowest BCUT2D eigenvalue weighted by molar-refractivity contribution is 0.0132. The molecule has 1 fully saturated rings. The van der Waals surface area contributed by atoms with E-state index in [-0.39, 0.29) is 24.0 Å². The molecule has 4 nitrogen and oxygen atoms in total. The van der Waals surface area contributed by atoms with Gasteiger partial charge in [0.15, 0.2) is 5.96 Å². The molecule has 1 saturated carbocycles.